The van der Waals surface area contributed by atoms with Gasteiger partial charge in [0, 0.05) is 19.8 Å². The Morgan fingerprint density at radius 2 is 1.03 bits per heavy atom. The standard InChI is InChI=1S/C22H44.C13H28O3Si/c1-3-5-7-9-11-13-15-17-19-21-22-20-18-16-14-12-10-8-6-4-2;1-5-13(14-6-2)11-9-10-12-17(13,15-7-3)16-8-4/h3H,1,4-22H2,2H3;5-12H2,1-4H3. The Labute approximate surface area is 247 Å². The maximum absolute atomic E-state index is 6.16. The minimum atomic E-state index is -2.21. The zero-order valence-corrected chi connectivity index (χ0v) is 28.6. The predicted octanol–water partition coefficient (Wildman–Crippen LogP) is 12.0. The van der Waals surface area contributed by atoms with Gasteiger partial charge in [-0.15, -0.1) is 6.58 Å². The van der Waals surface area contributed by atoms with E-state index in [0.717, 1.165) is 38.7 Å². The highest BCUT2D eigenvalue weighted by Gasteiger charge is 2.58. The van der Waals surface area contributed by atoms with Gasteiger partial charge in [0.15, 0.2) is 0 Å². The number of allylic oxidation sites excluding steroid dienone is 1. The van der Waals surface area contributed by atoms with E-state index >= 15 is 0 Å². The van der Waals surface area contributed by atoms with Crippen LogP contribution in [0.1, 0.15) is 182 Å². The van der Waals surface area contributed by atoms with Crippen molar-refractivity contribution in [3.63, 3.8) is 0 Å². The molecule has 0 radical (unpaired) electrons. The van der Waals surface area contributed by atoms with Gasteiger partial charge < -0.3 is 13.6 Å². The summed E-state index contributed by atoms with van der Waals surface area (Å²) in [5.74, 6) is 0. The number of unbranched alkanes of at least 4 members (excludes halogenated alkanes) is 18. The van der Waals surface area contributed by atoms with E-state index in [9.17, 15) is 0 Å². The molecule has 1 aliphatic heterocycles. The van der Waals surface area contributed by atoms with Gasteiger partial charge in [0.1, 0.15) is 5.22 Å². The summed E-state index contributed by atoms with van der Waals surface area (Å²) < 4.78 is 18.5. The van der Waals surface area contributed by atoms with Gasteiger partial charge in [-0.05, 0) is 52.5 Å². The molecule has 1 heterocycles. The van der Waals surface area contributed by atoms with Crippen molar-refractivity contribution in [1.82, 2.24) is 0 Å². The molecule has 0 aliphatic carbocycles. The zero-order chi connectivity index (χ0) is 28.9. The minimum Gasteiger partial charge on any atom is -0.393 e. The van der Waals surface area contributed by atoms with Crippen LogP contribution in [0.3, 0.4) is 0 Å². The van der Waals surface area contributed by atoms with Crippen LogP contribution in [0.4, 0.5) is 0 Å². The van der Waals surface area contributed by atoms with Crippen LogP contribution in [0, 0.1) is 0 Å². The zero-order valence-electron chi connectivity index (χ0n) is 27.6. The first kappa shape index (κ1) is 38.8. The van der Waals surface area contributed by atoms with Gasteiger partial charge in [-0.2, -0.15) is 0 Å². The summed E-state index contributed by atoms with van der Waals surface area (Å²) >= 11 is 0. The lowest BCUT2D eigenvalue weighted by Crippen LogP contribution is -2.65. The lowest BCUT2D eigenvalue weighted by atomic mass is 10.0. The topological polar surface area (TPSA) is 27.7 Å². The Balaban J connectivity index is 0.000000763. The molecule has 4 heteroatoms. The molecule has 0 aromatic carbocycles. The van der Waals surface area contributed by atoms with Gasteiger partial charge in [0.05, 0.1) is 0 Å². The number of ether oxygens (including phenoxy) is 1. The molecule has 1 rings (SSSR count). The monoisotopic (exact) mass is 569 g/mol. The van der Waals surface area contributed by atoms with Crippen molar-refractivity contribution < 1.29 is 13.6 Å². The van der Waals surface area contributed by atoms with Gasteiger partial charge in [0.25, 0.3) is 0 Å². The Hall–Kier alpha value is -0.163. The second-order valence-corrected chi connectivity index (χ2v) is 15.2. The summed E-state index contributed by atoms with van der Waals surface area (Å²) in [5, 5.41) is -0.119. The Morgan fingerprint density at radius 3 is 1.38 bits per heavy atom. The van der Waals surface area contributed by atoms with Crippen LogP contribution in [0.25, 0.3) is 0 Å². The smallest absolute Gasteiger partial charge is 0.371 e. The van der Waals surface area contributed by atoms with Crippen molar-refractivity contribution in [2.24, 2.45) is 0 Å². The average Bonchev–Trinajstić information content (AvgIpc) is 2.94. The molecule has 3 nitrogen and oxygen atoms in total. The van der Waals surface area contributed by atoms with E-state index in [4.69, 9.17) is 13.6 Å². The van der Waals surface area contributed by atoms with Crippen molar-refractivity contribution >= 4 is 8.56 Å². The molecule has 1 fully saturated rings. The third kappa shape index (κ3) is 18.1. The summed E-state index contributed by atoms with van der Waals surface area (Å²) in [5.41, 5.74) is 0. The maximum atomic E-state index is 6.16. The van der Waals surface area contributed by atoms with Gasteiger partial charge in [-0.25, -0.2) is 0 Å². The Morgan fingerprint density at radius 1 is 0.590 bits per heavy atom. The molecule has 1 unspecified atom stereocenters. The SMILES string of the molecule is C=CCCCCCCCCCCCCCCCCCCCC.CCOC1(CC)CCCC[Si]1(OCC)OCC. The van der Waals surface area contributed by atoms with E-state index in [2.05, 4.69) is 41.2 Å². The lowest BCUT2D eigenvalue weighted by molar-refractivity contribution is -0.0426. The first-order valence-electron chi connectivity index (χ1n) is 17.6. The van der Waals surface area contributed by atoms with Crippen molar-refractivity contribution in [2.45, 2.75) is 194 Å². The van der Waals surface area contributed by atoms with Crippen molar-refractivity contribution in [3.8, 4) is 0 Å². The lowest BCUT2D eigenvalue weighted by Gasteiger charge is -2.49. The fraction of sp³-hybridized carbons (Fsp3) is 0.943. The molecule has 0 bridgehead atoms. The molecule has 0 aromatic heterocycles. The third-order valence-corrected chi connectivity index (χ3v) is 13.2. The summed E-state index contributed by atoms with van der Waals surface area (Å²) in [6.07, 6.45) is 34.0. The number of rotatable bonds is 26. The molecule has 0 aromatic rings. The van der Waals surface area contributed by atoms with E-state index in [1.54, 1.807) is 0 Å². The van der Waals surface area contributed by atoms with Gasteiger partial charge in [-0.3, -0.25) is 0 Å². The van der Waals surface area contributed by atoms with Crippen LogP contribution in [0.5, 0.6) is 0 Å². The largest absolute Gasteiger partial charge is 0.393 e. The van der Waals surface area contributed by atoms with E-state index in [1.807, 2.05) is 6.08 Å². The maximum Gasteiger partial charge on any atom is 0.371 e. The molecule has 234 valence electrons. The first-order chi connectivity index (χ1) is 19.1. The van der Waals surface area contributed by atoms with Gasteiger partial charge >= 0.3 is 8.56 Å². The van der Waals surface area contributed by atoms with E-state index in [-0.39, 0.29) is 5.22 Å². The molecule has 1 saturated heterocycles. The number of hydrogen-bond acceptors (Lipinski definition) is 3. The normalized spacial score (nSPS) is 18.5. The second kappa shape index (κ2) is 28.0. The van der Waals surface area contributed by atoms with Crippen LogP contribution < -0.4 is 0 Å². The molecule has 1 atom stereocenters. The average molecular weight is 569 g/mol. The predicted molar refractivity (Wildman–Crippen MR) is 176 cm³/mol. The first-order valence-corrected chi connectivity index (χ1v) is 19.7. The summed E-state index contributed by atoms with van der Waals surface area (Å²) in [6.45, 7) is 16.7. The highest BCUT2D eigenvalue weighted by Crippen LogP contribution is 2.43. The molecular weight excluding hydrogens is 496 g/mol. The van der Waals surface area contributed by atoms with Crippen molar-refractivity contribution in [1.29, 1.82) is 0 Å². The summed E-state index contributed by atoms with van der Waals surface area (Å²) in [7, 11) is -2.21. The van der Waals surface area contributed by atoms with Gasteiger partial charge in [0.2, 0.25) is 0 Å². The van der Waals surface area contributed by atoms with E-state index < -0.39 is 8.56 Å². The second-order valence-electron chi connectivity index (χ2n) is 11.7. The Bertz CT molecular complexity index is 497. The highest BCUT2D eigenvalue weighted by molar-refractivity contribution is 6.70. The molecular formula is C35H72O3Si. The van der Waals surface area contributed by atoms with Crippen LogP contribution in [0.2, 0.25) is 6.04 Å². The van der Waals surface area contributed by atoms with Gasteiger partial charge in [-0.1, -0.05) is 142 Å². The van der Waals surface area contributed by atoms with Crippen LogP contribution in [-0.2, 0) is 13.6 Å². The Kier molecular flexibility index (Phi) is 27.9. The van der Waals surface area contributed by atoms with Crippen LogP contribution >= 0.6 is 0 Å². The highest BCUT2D eigenvalue weighted by atomic mass is 28.4. The summed E-state index contributed by atoms with van der Waals surface area (Å²) in [4.78, 5) is 0. The van der Waals surface area contributed by atoms with Crippen LogP contribution in [0.15, 0.2) is 12.7 Å². The van der Waals surface area contributed by atoms with Crippen LogP contribution in [-0.4, -0.2) is 33.6 Å². The van der Waals surface area contributed by atoms with Crippen molar-refractivity contribution in [3.05, 3.63) is 12.7 Å². The van der Waals surface area contributed by atoms with Crippen molar-refractivity contribution in [2.75, 3.05) is 19.8 Å². The molecule has 0 saturated carbocycles. The molecule has 39 heavy (non-hydrogen) atoms. The quantitative estimate of drug-likeness (QED) is 0.0590. The van der Waals surface area contributed by atoms with E-state index in [0.29, 0.717) is 0 Å². The molecule has 0 N–H and O–H groups in total. The fourth-order valence-electron chi connectivity index (χ4n) is 6.30. The van der Waals surface area contributed by atoms with E-state index in [1.165, 1.54) is 135 Å². The molecule has 0 amide bonds. The molecule has 0 spiro atoms. The molecule has 1 aliphatic rings. The minimum absolute atomic E-state index is 0.119. The fourth-order valence-corrected chi connectivity index (χ4v) is 10.8. The third-order valence-electron chi connectivity index (χ3n) is 8.54. The summed E-state index contributed by atoms with van der Waals surface area (Å²) in [6, 6.07) is 1.09. The number of hydrogen-bond donors (Lipinski definition) is 0.